The van der Waals surface area contributed by atoms with Crippen LogP contribution < -0.4 is 14.8 Å². The van der Waals surface area contributed by atoms with E-state index in [-0.39, 0.29) is 28.6 Å². The van der Waals surface area contributed by atoms with Crippen LogP contribution in [0.3, 0.4) is 0 Å². The van der Waals surface area contributed by atoms with Gasteiger partial charge in [-0.2, -0.15) is 0 Å². The molecular formula is C21H14Cl2F3NO4. The summed E-state index contributed by atoms with van der Waals surface area (Å²) in [6, 6.07) is 14.1. The minimum Gasteiger partial charge on any atom is -0.478 e. The van der Waals surface area contributed by atoms with Gasteiger partial charge in [0.1, 0.15) is 17.2 Å². The molecular weight excluding hydrogens is 458 g/mol. The molecule has 0 aliphatic carbocycles. The molecule has 5 nitrogen and oxygen atoms in total. The lowest BCUT2D eigenvalue weighted by atomic mass is 10.1. The normalized spacial score (nSPS) is 11.1. The molecule has 3 aromatic rings. The molecule has 0 atom stereocenters. The molecule has 162 valence electrons. The molecule has 0 radical (unpaired) electrons. The largest absolute Gasteiger partial charge is 0.573 e. The molecule has 10 heteroatoms. The predicted octanol–water partition coefficient (Wildman–Crippen LogP) is 6.99. The van der Waals surface area contributed by atoms with Crippen LogP contribution in [-0.4, -0.2) is 17.4 Å². The van der Waals surface area contributed by atoms with E-state index in [1.165, 1.54) is 30.3 Å². The molecule has 0 bridgehead atoms. The molecule has 0 fully saturated rings. The maximum atomic E-state index is 12.3. The summed E-state index contributed by atoms with van der Waals surface area (Å²) >= 11 is 12.2. The molecule has 31 heavy (non-hydrogen) atoms. The molecule has 0 saturated carbocycles. The fourth-order valence-electron chi connectivity index (χ4n) is 2.57. The van der Waals surface area contributed by atoms with Gasteiger partial charge >= 0.3 is 12.3 Å². The van der Waals surface area contributed by atoms with E-state index >= 15 is 0 Å². The highest BCUT2D eigenvalue weighted by atomic mass is 35.5. The molecule has 0 spiro atoms. The first-order valence-corrected chi connectivity index (χ1v) is 9.45. The fraction of sp³-hybridized carbons (Fsp3) is 0.0952. The number of hydrogen-bond donors (Lipinski definition) is 2. The summed E-state index contributed by atoms with van der Waals surface area (Å²) < 4.78 is 46.5. The second-order valence-corrected chi connectivity index (χ2v) is 7.05. The summed E-state index contributed by atoms with van der Waals surface area (Å²) in [7, 11) is 0. The zero-order valence-electron chi connectivity index (χ0n) is 15.5. The quantitative estimate of drug-likeness (QED) is 0.388. The van der Waals surface area contributed by atoms with E-state index in [0.717, 1.165) is 12.1 Å². The number of halogens is 5. The number of carboxylic acid groups (broad SMARTS) is 1. The zero-order chi connectivity index (χ0) is 22.6. The van der Waals surface area contributed by atoms with Crippen molar-refractivity contribution in [2.75, 3.05) is 5.32 Å². The maximum Gasteiger partial charge on any atom is 0.573 e. The third kappa shape index (κ3) is 6.44. The number of benzene rings is 3. The second-order valence-electron chi connectivity index (χ2n) is 6.23. The topological polar surface area (TPSA) is 67.8 Å². The predicted molar refractivity (Wildman–Crippen MR) is 110 cm³/mol. The number of carboxylic acids is 1. The lowest BCUT2D eigenvalue weighted by Gasteiger charge is -2.15. The van der Waals surface area contributed by atoms with Gasteiger partial charge in [-0.3, -0.25) is 0 Å². The van der Waals surface area contributed by atoms with Crippen molar-refractivity contribution >= 4 is 34.9 Å². The van der Waals surface area contributed by atoms with Gasteiger partial charge in [0.15, 0.2) is 0 Å². The number of alkyl halides is 3. The Hall–Kier alpha value is -3.10. The van der Waals surface area contributed by atoms with E-state index in [2.05, 4.69) is 10.1 Å². The average Bonchev–Trinajstić information content (AvgIpc) is 2.70. The molecule has 0 heterocycles. The van der Waals surface area contributed by atoms with Crippen molar-refractivity contribution in [3.8, 4) is 17.2 Å². The molecule has 0 aliphatic rings. The van der Waals surface area contributed by atoms with Crippen molar-refractivity contribution in [2.24, 2.45) is 0 Å². The fourth-order valence-corrected chi connectivity index (χ4v) is 2.91. The van der Waals surface area contributed by atoms with Crippen LogP contribution in [0.4, 0.5) is 18.9 Å². The average molecular weight is 472 g/mol. The molecule has 3 aromatic carbocycles. The number of ether oxygens (including phenoxy) is 2. The van der Waals surface area contributed by atoms with Crippen LogP contribution in [0.15, 0.2) is 60.7 Å². The first-order valence-electron chi connectivity index (χ1n) is 8.69. The smallest absolute Gasteiger partial charge is 0.478 e. The lowest BCUT2D eigenvalue weighted by Crippen LogP contribution is -2.16. The maximum absolute atomic E-state index is 12.3. The van der Waals surface area contributed by atoms with Gasteiger partial charge in [-0.1, -0.05) is 23.2 Å². The summed E-state index contributed by atoms with van der Waals surface area (Å²) in [4.78, 5) is 10.9. The highest BCUT2D eigenvalue weighted by Crippen LogP contribution is 2.35. The van der Waals surface area contributed by atoms with Crippen LogP contribution >= 0.6 is 23.2 Å². The Morgan fingerprint density at radius 3 is 2.10 bits per heavy atom. The van der Waals surface area contributed by atoms with Gasteiger partial charge in [0.25, 0.3) is 0 Å². The molecule has 0 unspecified atom stereocenters. The summed E-state index contributed by atoms with van der Waals surface area (Å²) in [5.74, 6) is -0.799. The monoisotopic (exact) mass is 471 g/mol. The Bertz CT molecular complexity index is 1070. The number of carbonyl (C=O) groups is 1. The Labute approximate surface area is 184 Å². The molecule has 0 saturated heterocycles. The van der Waals surface area contributed by atoms with Crippen molar-refractivity contribution in [1.82, 2.24) is 0 Å². The van der Waals surface area contributed by atoms with Crippen LogP contribution in [0.25, 0.3) is 0 Å². The van der Waals surface area contributed by atoms with Gasteiger partial charge in [0.2, 0.25) is 0 Å². The van der Waals surface area contributed by atoms with Crippen LogP contribution in [0.5, 0.6) is 17.2 Å². The highest BCUT2D eigenvalue weighted by molar-refractivity contribution is 6.42. The Balaban J connectivity index is 1.76. The Kier molecular flexibility index (Phi) is 6.82. The molecule has 0 aliphatic heterocycles. The molecule has 2 N–H and O–H groups in total. The van der Waals surface area contributed by atoms with Gasteiger partial charge in [-0.25, -0.2) is 4.79 Å². The van der Waals surface area contributed by atoms with Crippen molar-refractivity contribution in [1.29, 1.82) is 0 Å². The van der Waals surface area contributed by atoms with Gasteiger partial charge in [-0.05, 0) is 54.6 Å². The van der Waals surface area contributed by atoms with Crippen molar-refractivity contribution in [3.63, 3.8) is 0 Å². The standard InChI is InChI=1S/C21H14Cl2F3NO4/c22-17-9-13(11-27-14-3-1-12(2-4-14)20(28)29)19(10-18(17)23)30-15-5-7-16(8-6-15)31-21(24,25)26/h1-10,27H,11H2,(H,28,29). The summed E-state index contributed by atoms with van der Waals surface area (Å²) in [5, 5.41) is 12.6. The van der Waals surface area contributed by atoms with E-state index in [4.69, 9.17) is 33.0 Å². The summed E-state index contributed by atoms with van der Waals surface area (Å²) in [6.07, 6.45) is -4.78. The van der Waals surface area contributed by atoms with Gasteiger partial charge in [0, 0.05) is 23.9 Å². The van der Waals surface area contributed by atoms with Crippen LogP contribution in [0.1, 0.15) is 15.9 Å². The van der Waals surface area contributed by atoms with Crippen LogP contribution in [0, 0.1) is 0 Å². The molecule has 3 rings (SSSR count). The van der Waals surface area contributed by atoms with E-state index in [0.29, 0.717) is 22.0 Å². The van der Waals surface area contributed by atoms with E-state index in [1.807, 2.05) is 0 Å². The van der Waals surface area contributed by atoms with Gasteiger partial charge in [0.05, 0.1) is 15.6 Å². The van der Waals surface area contributed by atoms with Crippen molar-refractivity contribution in [2.45, 2.75) is 12.9 Å². The lowest BCUT2D eigenvalue weighted by molar-refractivity contribution is -0.274. The van der Waals surface area contributed by atoms with Crippen molar-refractivity contribution in [3.05, 3.63) is 81.8 Å². The highest BCUT2D eigenvalue weighted by Gasteiger charge is 2.31. The number of nitrogens with one attached hydrogen (secondary N) is 1. The molecule has 0 aromatic heterocycles. The first kappa shape index (κ1) is 22.6. The number of rotatable bonds is 7. The zero-order valence-corrected chi connectivity index (χ0v) is 17.1. The van der Waals surface area contributed by atoms with E-state index in [1.54, 1.807) is 18.2 Å². The van der Waals surface area contributed by atoms with E-state index in [9.17, 15) is 18.0 Å². The third-order valence-corrected chi connectivity index (χ3v) is 4.73. The second kappa shape index (κ2) is 9.36. The Morgan fingerprint density at radius 1 is 0.935 bits per heavy atom. The van der Waals surface area contributed by atoms with Gasteiger partial charge in [-0.15, -0.1) is 13.2 Å². The van der Waals surface area contributed by atoms with Crippen LogP contribution in [0.2, 0.25) is 10.0 Å². The number of anilines is 1. The van der Waals surface area contributed by atoms with Crippen molar-refractivity contribution < 1.29 is 32.5 Å². The Morgan fingerprint density at radius 2 is 1.52 bits per heavy atom. The summed E-state index contributed by atoms with van der Waals surface area (Å²) in [5.41, 5.74) is 1.44. The SMILES string of the molecule is O=C(O)c1ccc(NCc2cc(Cl)c(Cl)cc2Oc2ccc(OC(F)(F)F)cc2)cc1. The third-order valence-electron chi connectivity index (χ3n) is 4.00. The minimum absolute atomic E-state index is 0.155. The van der Waals surface area contributed by atoms with Crippen LogP contribution in [-0.2, 0) is 6.54 Å². The van der Waals surface area contributed by atoms with E-state index < -0.39 is 12.3 Å². The molecule has 0 amide bonds. The number of hydrogen-bond acceptors (Lipinski definition) is 4. The summed E-state index contributed by atoms with van der Waals surface area (Å²) in [6.45, 7) is 0.258. The van der Waals surface area contributed by atoms with Gasteiger partial charge < -0.3 is 19.9 Å². The minimum atomic E-state index is -4.78. The number of aromatic carboxylic acids is 1. The first-order chi connectivity index (χ1) is 14.6.